The average Bonchev–Trinajstić information content (AvgIpc) is 2.37. The van der Waals surface area contributed by atoms with E-state index >= 15 is 0 Å². The Morgan fingerprint density at radius 1 is 1.24 bits per heavy atom. The van der Waals surface area contributed by atoms with Crippen molar-refractivity contribution in [3.05, 3.63) is 29.8 Å². The molecule has 0 saturated heterocycles. The van der Waals surface area contributed by atoms with Crippen molar-refractivity contribution in [1.82, 2.24) is 5.32 Å². The Balaban J connectivity index is 2.92. The van der Waals surface area contributed by atoms with Crippen LogP contribution in [0.1, 0.15) is 51.4 Å². The molecular formula is C17H28N2O2. The van der Waals surface area contributed by atoms with Gasteiger partial charge in [-0.15, -0.1) is 0 Å². The van der Waals surface area contributed by atoms with Crippen LogP contribution in [-0.2, 0) is 0 Å². The van der Waals surface area contributed by atoms with Crippen molar-refractivity contribution in [3.63, 3.8) is 0 Å². The molecule has 1 aromatic carbocycles. The van der Waals surface area contributed by atoms with Gasteiger partial charge in [0.2, 0.25) is 0 Å². The Kier molecular flexibility index (Phi) is 6.21. The summed E-state index contributed by atoms with van der Waals surface area (Å²) < 4.78 is 0. The van der Waals surface area contributed by atoms with Gasteiger partial charge in [0.05, 0.1) is 5.56 Å². The van der Waals surface area contributed by atoms with Gasteiger partial charge in [-0.25, -0.2) is 0 Å². The Labute approximate surface area is 128 Å². The number of rotatable bonds is 6. The summed E-state index contributed by atoms with van der Waals surface area (Å²) >= 11 is 0. The number of aliphatic hydroxyl groups excluding tert-OH is 1. The first kappa shape index (κ1) is 17.5. The van der Waals surface area contributed by atoms with Gasteiger partial charge in [-0.05, 0) is 37.8 Å². The third-order valence-electron chi connectivity index (χ3n) is 3.38. The van der Waals surface area contributed by atoms with Crippen LogP contribution in [0.2, 0.25) is 0 Å². The smallest absolute Gasteiger partial charge is 0.253 e. The lowest BCUT2D eigenvalue weighted by Gasteiger charge is -2.31. The molecular weight excluding hydrogens is 264 g/mol. The van der Waals surface area contributed by atoms with Crippen LogP contribution >= 0.6 is 0 Å². The van der Waals surface area contributed by atoms with Gasteiger partial charge in [-0.3, -0.25) is 4.79 Å². The van der Waals surface area contributed by atoms with E-state index in [1.807, 2.05) is 38.1 Å². The highest BCUT2D eigenvalue weighted by Crippen LogP contribution is 2.23. The maximum Gasteiger partial charge on any atom is 0.253 e. The molecule has 0 spiro atoms. The van der Waals surface area contributed by atoms with Crippen molar-refractivity contribution in [2.75, 3.05) is 11.9 Å². The van der Waals surface area contributed by atoms with Crippen molar-refractivity contribution in [3.8, 4) is 0 Å². The SMILES string of the molecule is CC(C)Nc1ccccc1C(=O)NC(CCO)C(C)(C)C. The molecule has 21 heavy (non-hydrogen) atoms. The fourth-order valence-corrected chi connectivity index (χ4v) is 2.20. The standard InChI is InChI=1S/C17H28N2O2/c1-12(2)18-14-9-7-6-8-13(14)16(21)19-15(10-11-20)17(3,4)5/h6-9,12,15,18,20H,10-11H2,1-5H3,(H,19,21). The molecule has 1 rings (SSSR count). The third kappa shape index (κ3) is 5.38. The molecule has 0 heterocycles. The molecule has 1 unspecified atom stereocenters. The van der Waals surface area contributed by atoms with E-state index in [1.165, 1.54) is 0 Å². The van der Waals surface area contributed by atoms with E-state index in [1.54, 1.807) is 0 Å². The van der Waals surface area contributed by atoms with Crippen molar-refractivity contribution < 1.29 is 9.90 Å². The summed E-state index contributed by atoms with van der Waals surface area (Å²) in [5.41, 5.74) is 1.37. The van der Waals surface area contributed by atoms with Crippen LogP contribution in [0.4, 0.5) is 5.69 Å². The Morgan fingerprint density at radius 2 is 1.86 bits per heavy atom. The maximum atomic E-state index is 12.5. The summed E-state index contributed by atoms with van der Waals surface area (Å²) in [4.78, 5) is 12.5. The van der Waals surface area contributed by atoms with Gasteiger partial charge >= 0.3 is 0 Å². The van der Waals surface area contributed by atoms with E-state index in [9.17, 15) is 9.90 Å². The Morgan fingerprint density at radius 3 is 2.38 bits per heavy atom. The Bertz CT molecular complexity index is 464. The van der Waals surface area contributed by atoms with E-state index in [4.69, 9.17) is 0 Å². The number of hydrogen-bond acceptors (Lipinski definition) is 3. The predicted molar refractivity (Wildman–Crippen MR) is 87.6 cm³/mol. The van der Waals surface area contributed by atoms with Gasteiger partial charge in [0.1, 0.15) is 0 Å². The number of carbonyl (C=O) groups excluding carboxylic acids is 1. The first-order valence-corrected chi connectivity index (χ1v) is 7.53. The molecule has 1 amide bonds. The predicted octanol–water partition coefficient (Wildman–Crippen LogP) is 3.03. The van der Waals surface area contributed by atoms with E-state index in [2.05, 4.69) is 31.4 Å². The van der Waals surface area contributed by atoms with Gasteiger partial charge in [0.25, 0.3) is 5.91 Å². The highest BCUT2D eigenvalue weighted by Gasteiger charge is 2.26. The number of nitrogens with one attached hydrogen (secondary N) is 2. The fourth-order valence-electron chi connectivity index (χ4n) is 2.20. The summed E-state index contributed by atoms with van der Waals surface area (Å²) in [6.45, 7) is 10.3. The molecule has 0 fully saturated rings. The molecule has 0 bridgehead atoms. The highest BCUT2D eigenvalue weighted by molar-refractivity contribution is 5.99. The zero-order valence-electron chi connectivity index (χ0n) is 13.7. The summed E-state index contributed by atoms with van der Waals surface area (Å²) in [5.74, 6) is -0.105. The van der Waals surface area contributed by atoms with Gasteiger partial charge in [-0.2, -0.15) is 0 Å². The molecule has 1 aromatic rings. The number of anilines is 1. The number of aliphatic hydroxyl groups is 1. The number of benzene rings is 1. The van der Waals surface area contributed by atoms with E-state index in [-0.39, 0.29) is 30.0 Å². The van der Waals surface area contributed by atoms with E-state index < -0.39 is 0 Å². The van der Waals surface area contributed by atoms with Gasteiger partial charge in [0.15, 0.2) is 0 Å². The zero-order chi connectivity index (χ0) is 16.0. The normalized spacial score (nSPS) is 13.1. The molecule has 0 saturated carbocycles. The first-order valence-electron chi connectivity index (χ1n) is 7.53. The number of hydrogen-bond donors (Lipinski definition) is 3. The molecule has 3 N–H and O–H groups in total. The van der Waals surface area contributed by atoms with Crippen LogP contribution in [0.3, 0.4) is 0 Å². The van der Waals surface area contributed by atoms with Crippen LogP contribution in [0.5, 0.6) is 0 Å². The Hall–Kier alpha value is -1.55. The summed E-state index contributed by atoms with van der Waals surface area (Å²) in [5, 5.41) is 15.5. The molecule has 118 valence electrons. The molecule has 0 aliphatic carbocycles. The summed E-state index contributed by atoms with van der Waals surface area (Å²) in [6, 6.07) is 7.69. The summed E-state index contributed by atoms with van der Waals surface area (Å²) in [6.07, 6.45) is 0.551. The van der Waals surface area contributed by atoms with E-state index in [0.717, 1.165) is 5.69 Å². The molecule has 1 atom stereocenters. The molecule has 4 nitrogen and oxygen atoms in total. The second-order valence-corrected chi connectivity index (χ2v) is 6.75. The van der Waals surface area contributed by atoms with Gasteiger partial charge in [0, 0.05) is 24.4 Å². The topological polar surface area (TPSA) is 61.4 Å². The minimum Gasteiger partial charge on any atom is -0.396 e. The minimum absolute atomic E-state index is 0.0636. The van der Waals surface area contributed by atoms with Crippen molar-refractivity contribution in [2.24, 2.45) is 5.41 Å². The van der Waals surface area contributed by atoms with Crippen molar-refractivity contribution in [2.45, 2.75) is 53.1 Å². The lowest BCUT2D eigenvalue weighted by atomic mass is 9.84. The number of carbonyl (C=O) groups is 1. The first-order chi connectivity index (χ1) is 9.75. The summed E-state index contributed by atoms with van der Waals surface area (Å²) in [7, 11) is 0. The molecule has 0 aliphatic rings. The largest absolute Gasteiger partial charge is 0.396 e. The second kappa shape index (κ2) is 7.46. The van der Waals surface area contributed by atoms with Crippen LogP contribution in [0.15, 0.2) is 24.3 Å². The molecule has 0 aliphatic heterocycles. The average molecular weight is 292 g/mol. The van der Waals surface area contributed by atoms with Crippen molar-refractivity contribution in [1.29, 1.82) is 0 Å². The second-order valence-electron chi connectivity index (χ2n) is 6.75. The highest BCUT2D eigenvalue weighted by atomic mass is 16.3. The van der Waals surface area contributed by atoms with Crippen LogP contribution < -0.4 is 10.6 Å². The zero-order valence-corrected chi connectivity index (χ0v) is 13.7. The monoisotopic (exact) mass is 292 g/mol. The third-order valence-corrected chi connectivity index (χ3v) is 3.38. The lowest BCUT2D eigenvalue weighted by Crippen LogP contribution is -2.44. The van der Waals surface area contributed by atoms with E-state index in [0.29, 0.717) is 12.0 Å². The number of amides is 1. The van der Waals surface area contributed by atoms with Gasteiger partial charge in [-0.1, -0.05) is 32.9 Å². The minimum atomic E-state index is -0.105. The fraction of sp³-hybridized carbons (Fsp3) is 0.588. The number of para-hydroxylation sites is 1. The molecule has 4 heteroatoms. The molecule has 0 aromatic heterocycles. The van der Waals surface area contributed by atoms with Crippen LogP contribution in [-0.4, -0.2) is 29.7 Å². The lowest BCUT2D eigenvalue weighted by molar-refractivity contribution is 0.0886. The van der Waals surface area contributed by atoms with Gasteiger partial charge < -0.3 is 15.7 Å². The van der Waals surface area contributed by atoms with Crippen LogP contribution in [0.25, 0.3) is 0 Å². The maximum absolute atomic E-state index is 12.5. The van der Waals surface area contributed by atoms with Crippen LogP contribution in [0, 0.1) is 5.41 Å². The van der Waals surface area contributed by atoms with Crippen molar-refractivity contribution >= 4 is 11.6 Å². The molecule has 0 radical (unpaired) electrons. The quantitative estimate of drug-likeness (QED) is 0.755.